The number of carbonyl (C=O) groups excluding carboxylic acids is 1. The second-order valence-corrected chi connectivity index (χ2v) is 3.73. The monoisotopic (exact) mass is 244 g/mol. The summed E-state index contributed by atoms with van der Waals surface area (Å²) in [7, 11) is 0. The zero-order chi connectivity index (χ0) is 11.5. The van der Waals surface area contributed by atoms with Crippen molar-refractivity contribution in [1.29, 1.82) is 0 Å². The number of amides is 1. The van der Waals surface area contributed by atoms with E-state index < -0.39 is 5.82 Å². The van der Waals surface area contributed by atoms with Crippen LogP contribution in [-0.2, 0) is 4.74 Å². The molecule has 0 radical (unpaired) electrons. The van der Waals surface area contributed by atoms with Crippen molar-refractivity contribution in [2.75, 3.05) is 26.3 Å². The Bertz CT molecular complexity index is 408. The van der Waals surface area contributed by atoms with Crippen molar-refractivity contribution in [3.05, 3.63) is 28.8 Å². The number of hydrogen-bond acceptors (Lipinski definition) is 3. The third-order valence-electron chi connectivity index (χ3n) is 2.38. The Morgan fingerprint density at radius 2 is 2.19 bits per heavy atom. The van der Waals surface area contributed by atoms with E-state index in [2.05, 4.69) is 4.98 Å². The molecule has 1 saturated heterocycles. The summed E-state index contributed by atoms with van der Waals surface area (Å²) in [5, 5.41) is -0.279. The van der Waals surface area contributed by atoms with Crippen LogP contribution in [0.1, 0.15) is 10.4 Å². The van der Waals surface area contributed by atoms with Gasteiger partial charge >= 0.3 is 0 Å². The fourth-order valence-electron chi connectivity index (χ4n) is 1.52. The highest BCUT2D eigenvalue weighted by atomic mass is 35.5. The first-order valence-corrected chi connectivity index (χ1v) is 5.25. The van der Waals surface area contributed by atoms with Gasteiger partial charge < -0.3 is 9.64 Å². The van der Waals surface area contributed by atoms with Crippen molar-refractivity contribution in [1.82, 2.24) is 9.88 Å². The number of aromatic nitrogens is 1. The highest BCUT2D eigenvalue weighted by Gasteiger charge is 2.22. The number of rotatable bonds is 1. The molecule has 0 aromatic carbocycles. The molecule has 2 heterocycles. The summed E-state index contributed by atoms with van der Waals surface area (Å²) in [5.74, 6) is -1.13. The van der Waals surface area contributed by atoms with Crippen LogP contribution >= 0.6 is 11.6 Å². The van der Waals surface area contributed by atoms with Crippen LogP contribution in [0.4, 0.5) is 4.39 Å². The maximum atomic E-state index is 13.5. The number of hydrogen-bond donors (Lipinski definition) is 0. The smallest absolute Gasteiger partial charge is 0.257 e. The van der Waals surface area contributed by atoms with Gasteiger partial charge in [-0.2, -0.15) is 0 Å². The van der Waals surface area contributed by atoms with Crippen molar-refractivity contribution >= 4 is 17.5 Å². The molecule has 0 unspecified atom stereocenters. The van der Waals surface area contributed by atoms with Gasteiger partial charge in [0.25, 0.3) is 5.91 Å². The molecule has 1 aliphatic heterocycles. The number of morpholine rings is 1. The Morgan fingerprint density at radius 3 is 2.88 bits per heavy atom. The Labute approximate surface area is 97.0 Å². The first-order valence-electron chi connectivity index (χ1n) is 4.87. The second kappa shape index (κ2) is 4.76. The fourth-order valence-corrected chi connectivity index (χ4v) is 1.68. The van der Waals surface area contributed by atoms with Gasteiger partial charge in [0, 0.05) is 19.3 Å². The largest absolute Gasteiger partial charge is 0.378 e. The van der Waals surface area contributed by atoms with Crippen LogP contribution in [0.25, 0.3) is 0 Å². The highest BCUT2D eigenvalue weighted by molar-refractivity contribution is 6.29. The molecule has 0 saturated carbocycles. The van der Waals surface area contributed by atoms with Gasteiger partial charge in [-0.15, -0.1) is 0 Å². The van der Waals surface area contributed by atoms with Crippen molar-refractivity contribution in [2.24, 2.45) is 0 Å². The topological polar surface area (TPSA) is 42.4 Å². The molecule has 1 aromatic heterocycles. The average molecular weight is 245 g/mol. The lowest BCUT2D eigenvalue weighted by molar-refractivity contribution is 0.0299. The quantitative estimate of drug-likeness (QED) is 0.701. The summed E-state index contributed by atoms with van der Waals surface area (Å²) in [5.41, 5.74) is -0.0399. The van der Waals surface area contributed by atoms with E-state index in [4.69, 9.17) is 16.3 Å². The molecule has 0 N–H and O–H groups in total. The highest BCUT2D eigenvalue weighted by Crippen LogP contribution is 2.17. The molecule has 2 rings (SSSR count). The van der Waals surface area contributed by atoms with Crippen LogP contribution in [0.3, 0.4) is 0 Å². The molecule has 1 aromatic rings. The summed E-state index contributed by atoms with van der Waals surface area (Å²) in [6.45, 7) is 1.90. The molecule has 4 nitrogen and oxygen atoms in total. The predicted octanol–water partition coefficient (Wildman–Crippen LogP) is 1.35. The summed E-state index contributed by atoms with van der Waals surface area (Å²) >= 11 is 5.52. The van der Waals surface area contributed by atoms with Gasteiger partial charge in [-0.05, 0) is 6.07 Å². The zero-order valence-electron chi connectivity index (χ0n) is 8.45. The predicted molar refractivity (Wildman–Crippen MR) is 55.9 cm³/mol. The van der Waals surface area contributed by atoms with Crippen LogP contribution in [0.2, 0.25) is 5.15 Å². The summed E-state index contributed by atoms with van der Waals surface area (Å²) in [4.78, 5) is 17.0. The van der Waals surface area contributed by atoms with E-state index >= 15 is 0 Å². The molecule has 1 aliphatic rings. The molecule has 6 heteroatoms. The van der Waals surface area contributed by atoms with Gasteiger partial charge in [-0.1, -0.05) is 11.6 Å². The van der Waals surface area contributed by atoms with E-state index in [1.807, 2.05) is 0 Å². The maximum Gasteiger partial charge on any atom is 0.257 e. The van der Waals surface area contributed by atoms with Crippen molar-refractivity contribution in [2.45, 2.75) is 0 Å². The lowest BCUT2D eigenvalue weighted by atomic mass is 10.2. The number of ether oxygens (including phenoxy) is 1. The summed E-state index contributed by atoms with van der Waals surface area (Å²) in [6, 6.07) is 1.33. The number of nitrogens with zero attached hydrogens (tertiary/aromatic N) is 2. The van der Waals surface area contributed by atoms with Gasteiger partial charge in [0.05, 0.1) is 18.8 Å². The first-order chi connectivity index (χ1) is 7.70. The lowest BCUT2D eigenvalue weighted by Gasteiger charge is -2.26. The maximum absolute atomic E-state index is 13.5. The van der Waals surface area contributed by atoms with Gasteiger partial charge in [0.15, 0.2) is 11.0 Å². The normalized spacial score (nSPS) is 16.2. The van der Waals surface area contributed by atoms with Crippen molar-refractivity contribution in [3.8, 4) is 0 Å². The third-order valence-corrected chi connectivity index (χ3v) is 2.64. The van der Waals surface area contributed by atoms with E-state index in [-0.39, 0.29) is 16.6 Å². The van der Waals surface area contributed by atoms with Gasteiger partial charge in [-0.3, -0.25) is 4.79 Å². The van der Waals surface area contributed by atoms with Crippen LogP contribution in [0, 0.1) is 5.82 Å². The average Bonchev–Trinajstić information content (AvgIpc) is 2.33. The second-order valence-electron chi connectivity index (χ2n) is 3.37. The standard InChI is InChI=1S/C10H10ClFN2O2/c11-9-8(12)7(1-2-13-9)10(15)14-3-5-16-6-4-14/h1-2H,3-6H2. The minimum absolute atomic E-state index is 0.0399. The Morgan fingerprint density at radius 1 is 1.50 bits per heavy atom. The SMILES string of the molecule is O=C(c1ccnc(Cl)c1F)N1CCOCC1. The molecule has 0 aliphatic carbocycles. The molecule has 1 amide bonds. The molecule has 0 bridgehead atoms. The van der Waals surface area contributed by atoms with Crippen molar-refractivity contribution < 1.29 is 13.9 Å². The van der Waals surface area contributed by atoms with Gasteiger partial charge in [0.2, 0.25) is 0 Å². The van der Waals surface area contributed by atoms with E-state index in [1.54, 1.807) is 0 Å². The fraction of sp³-hybridized carbons (Fsp3) is 0.400. The number of carbonyl (C=O) groups is 1. The first kappa shape index (κ1) is 11.3. The van der Waals surface area contributed by atoms with Gasteiger partial charge in [-0.25, -0.2) is 9.37 Å². The summed E-state index contributed by atoms with van der Waals surface area (Å²) in [6.07, 6.45) is 1.32. The van der Waals surface area contributed by atoms with Crippen LogP contribution in [0.5, 0.6) is 0 Å². The van der Waals surface area contributed by atoms with Crippen molar-refractivity contribution in [3.63, 3.8) is 0 Å². The minimum atomic E-state index is -0.763. The van der Waals surface area contributed by atoms with E-state index in [0.29, 0.717) is 26.3 Å². The molecule has 0 spiro atoms. The molecular formula is C10H10ClFN2O2. The Balaban J connectivity index is 2.22. The third kappa shape index (κ3) is 2.15. The lowest BCUT2D eigenvalue weighted by Crippen LogP contribution is -2.41. The van der Waals surface area contributed by atoms with E-state index in [1.165, 1.54) is 17.2 Å². The zero-order valence-corrected chi connectivity index (χ0v) is 9.21. The van der Waals surface area contributed by atoms with Crippen LogP contribution in [-0.4, -0.2) is 42.1 Å². The van der Waals surface area contributed by atoms with E-state index in [0.717, 1.165) is 0 Å². The molecular weight excluding hydrogens is 235 g/mol. The Hall–Kier alpha value is -1.20. The number of pyridine rings is 1. The van der Waals surface area contributed by atoms with Gasteiger partial charge in [0.1, 0.15) is 0 Å². The molecule has 0 atom stereocenters. The molecule has 86 valence electrons. The van der Waals surface area contributed by atoms with Crippen LogP contribution < -0.4 is 0 Å². The number of halogens is 2. The molecule has 1 fully saturated rings. The van der Waals surface area contributed by atoms with Crippen LogP contribution in [0.15, 0.2) is 12.3 Å². The van der Waals surface area contributed by atoms with E-state index in [9.17, 15) is 9.18 Å². The summed E-state index contributed by atoms with van der Waals surface area (Å²) < 4.78 is 18.6. The minimum Gasteiger partial charge on any atom is -0.378 e. The Kier molecular flexibility index (Phi) is 3.36. The molecule has 16 heavy (non-hydrogen) atoms.